The number of nitrogens with zero attached hydrogens (tertiary/aromatic N) is 3. The minimum atomic E-state index is -4.73. The van der Waals surface area contributed by atoms with Crippen LogP contribution in [0.4, 0.5) is 33.5 Å². The number of nitrogen functional groups attached to an aromatic ring is 1. The van der Waals surface area contributed by atoms with Crippen molar-refractivity contribution in [2.75, 3.05) is 11.1 Å². The van der Waals surface area contributed by atoms with Crippen LogP contribution in [0.1, 0.15) is 57.1 Å². The van der Waals surface area contributed by atoms with Gasteiger partial charge < -0.3 is 20.6 Å². The van der Waals surface area contributed by atoms with Crippen LogP contribution in [0.25, 0.3) is 11.6 Å². The van der Waals surface area contributed by atoms with Crippen molar-refractivity contribution >= 4 is 11.5 Å². The molecule has 2 aromatic rings. The second-order valence-corrected chi connectivity index (χ2v) is 7.65. The Morgan fingerprint density at radius 1 is 1.21 bits per heavy atom. The monoisotopic (exact) mass is 421 g/mol. The summed E-state index contributed by atoms with van der Waals surface area (Å²) in [6, 6.07) is 0.668. The first kappa shape index (κ1) is 21.2. The Kier molecular flexibility index (Phi) is 5.18. The van der Waals surface area contributed by atoms with Crippen molar-refractivity contribution in [3.05, 3.63) is 17.5 Å². The Bertz CT molecular complexity index is 897. The predicted octanol–water partition coefficient (Wildman–Crippen LogP) is 4.17. The van der Waals surface area contributed by atoms with Crippen LogP contribution in [0.15, 0.2) is 10.5 Å². The molecule has 4 N–H and O–H groups in total. The Labute approximate surface area is 162 Å². The zero-order chi connectivity index (χ0) is 21.6. The highest BCUT2D eigenvalue weighted by atomic mass is 19.4. The largest absolute Gasteiger partial charge is 0.420 e. The topological polar surface area (TPSA) is 110 Å². The van der Waals surface area contributed by atoms with Gasteiger partial charge in [-0.05, 0) is 32.8 Å². The molecule has 1 atom stereocenters. The number of hydrogen-bond acceptors (Lipinski definition) is 7. The normalized spacial score (nSPS) is 21.9. The van der Waals surface area contributed by atoms with Gasteiger partial charge in [0.15, 0.2) is 11.8 Å². The molecule has 0 amide bonds. The van der Waals surface area contributed by atoms with E-state index < -0.39 is 59.0 Å². The van der Waals surface area contributed by atoms with E-state index >= 15 is 0 Å². The maximum atomic E-state index is 14.3. The third-order valence-corrected chi connectivity index (χ3v) is 4.65. The van der Waals surface area contributed by atoms with Gasteiger partial charge in [-0.2, -0.15) is 13.2 Å². The number of nitrogens with one attached hydrogen (secondary N) is 1. The summed E-state index contributed by atoms with van der Waals surface area (Å²) in [7, 11) is 0. The highest BCUT2D eigenvalue weighted by Gasteiger charge is 2.43. The molecular weight excluding hydrogens is 401 g/mol. The van der Waals surface area contributed by atoms with Gasteiger partial charge in [-0.15, -0.1) is 10.2 Å². The molecule has 160 valence electrons. The molecule has 1 aliphatic heterocycles. The van der Waals surface area contributed by atoms with E-state index in [9.17, 15) is 27.1 Å². The molecule has 29 heavy (non-hydrogen) atoms. The van der Waals surface area contributed by atoms with Crippen molar-refractivity contribution < 1.29 is 31.5 Å². The van der Waals surface area contributed by atoms with E-state index in [0.717, 1.165) is 0 Å². The molecule has 0 radical (unpaired) electrons. The maximum Gasteiger partial charge on any atom is 0.420 e. The Morgan fingerprint density at radius 3 is 2.52 bits per heavy atom. The average molecular weight is 421 g/mol. The number of aromatic nitrogens is 3. The van der Waals surface area contributed by atoms with Crippen molar-refractivity contribution in [3.8, 4) is 11.6 Å². The molecule has 0 fully saturated rings. The fourth-order valence-electron chi connectivity index (χ4n) is 3.08. The summed E-state index contributed by atoms with van der Waals surface area (Å²) in [6.45, 7) is 3.27. The van der Waals surface area contributed by atoms with Crippen LogP contribution < -0.4 is 11.1 Å². The van der Waals surface area contributed by atoms with Crippen molar-refractivity contribution in [1.82, 2.24) is 15.2 Å². The van der Waals surface area contributed by atoms with Crippen LogP contribution in [0.3, 0.4) is 0 Å². The fraction of sp³-hybridized carbons (Fsp3) is 0.588. The Morgan fingerprint density at radius 2 is 1.86 bits per heavy atom. The van der Waals surface area contributed by atoms with E-state index in [1.165, 1.54) is 0 Å². The molecule has 4 bridgehead atoms. The molecule has 2 aromatic heterocycles. The van der Waals surface area contributed by atoms with Crippen LogP contribution in [0.2, 0.25) is 0 Å². The number of hydrogen-bond donors (Lipinski definition) is 3. The lowest BCUT2D eigenvalue weighted by atomic mass is 9.94. The van der Waals surface area contributed by atoms with E-state index in [0.29, 0.717) is 6.07 Å². The number of alkyl halides is 5. The zero-order valence-corrected chi connectivity index (χ0v) is 15.6. The first-order valence-electron chi connectivity index (χ1n) is 8.86. The molecule has 1 unspecified atom stereocenters. The third-order valence-electron chi connectivity index (χ3n) is 4.65. The van der Waals surface area contributed by atoms with Crippen molar-refractivity contribution in [3.63, 3.8) is 0 Å². The standard InChI is InChI=1S/C17H20F5N5O2/c1-15(2)5-3-4-6-16(18,19)11(28)14-27-26-13(29-14)10-9(23)7-8(17(20,21)22)12(24-10)25-15/h7,11,28H,3-6,23H2,1-2H3,(H,24,25). The van der Waals surface area contributed by atoms with E-state index in [1.807, 2.05) is 0 Å². The van der Waals surface area contributed by atoms with Crippen molar-refractivity contribution in [2.45, 2.75) is 63.3 Å². The third kappa shape index (κ3) is 4.41. The van der Waals surface area contributed by atoms with Gasteiger partial charge in [0.1, 0.15) is 5.82 Å². The summed E-state index contributed by atoms with van der Waals surface area (Å²) in [5.41, 5.74) is 3.00. The molecule has 3 rings (SSSR count). The summed E-state index contributed by atoms with van der Waals surface area (Å²) in [6.07, 6.45) is -7.14. The summed E-state index contributed by atoms with van der Waals surface area (Å²) >= 11 is 0. The Hall–Kier alpha value is -2.50. The molecule has 1 aliphatic rings. The average Bonchev–Trinajstić information content (AvgIpc) is 3.07. The number of aliphatic hydroxyl groups excluding tert-OH is 1. The lowest BCUT2D eigenvalue weighted by Crippen LogP contribution is -2.33. The number of fused-ring (bicyclic) bond motifs is 5. The minimum Gasteiger partial charge on any atom is -0.416 e. The molecular formula is C17H20F5N5O2. The van der Waals surface area contributed by atoms with Gasteiger partial charge in [0.2, 0.25) is 0 Å². The number of halogens is 5. The predicted molar refractivity (Wildman–Crippen MR) is 93.0 cm³/mol. The van der Waals surface area contributed by atoms with Gasteiger partial charge >= 0.3 is 6.18 Å². The SMILES string of the molecule is CC1(C)CCCCC(F)(F)C(O)c2nnc(o2)-c2nc(c(C(F)(F)F)cc2N)N1. The molecule has 0 saturated carbocycles. The van der Waals surface area contributed by atoms with Crippen molar-refractivity contribution in [2.24, 2.45) is 0 Å². The molecule has 7 nitrogen and oxygen atoms in total. The van der Waals surface area contributed by atoms with Crippen molar-refractivity contribution in [1.29, 1.82) is 0 Å². The highest BCUT2D eigenvalue weighted by molar-refractivity contribution is 5.71. The Balaban J connectivity index is 2.17. The van der Waals surface area contributed by atoms with Crippen LogP contribution in [-0.2, 0) is 6.18 Å². The summed E-state index contributed by atoms with van der Waals surface area (Å²) in [5.74, 6) is -5.25. The van der Waals surface area contributed by atoms with Gasteiger partial charge in [-0.25, -0.2) is 13.8 Å². The fourth-order valence-corrected chi connectivity index (χ4v) is 3.08. The van der Waals surface area contributed by atoms with E-state index in [4.69, 9.17) is 10.2 Å². The maximum absolute atomic E-state index is 14.3. The van der Waals surface area contributed by atoms with Gasteiger partial charge in [0.25, 0.3) is 17.7 Å². The lowest BCUT2D eigenvalue weighted by Gasteiger charge is -2.29. The second-order valence-electron chi connectivity index (χ2n) is 7.65. The van der Waals surface area contributed by atoms with Crippen LogP contribution >= 0.6 is 0 Å². The summed E-state index contributed by atoms with van der Waals surface area (Å²) in [4.78, 5) is 3.91. The minimum absolute atomic E-state index is 0.0305. The van der Waals surface area contributed by atoms with Gasteiger partial charge in [-0.1, -0.05) is 6.42 Å². The molecule has 12 heteroatoms. The van der Waals surface area contributed by atoms with E-state index in [2.05, 4.69) is 20.5 Å². The molecule has 0 saturated heterocycles. The molecule has 0 aromatic carbocycles. The van der Waals surface area contributed by atoms with Gasteiger partial charge in [0, 0.05) is 12.0 Å². The number of pyridine rings is 1. The quantitative estimate of drug-likeness (QED) is 0.548. The number of aliphatic hydroxyl groups is 1. The highest BCUT2D eigenvalue weighted by Crippen LogP contribution is 2.41. The van der Waals surface area contributed by atoms with Crippen LogP contribution in [0.5, 0.6) is 0 Å². The van der Waals surface area contributed by atoms with Gasteiger partial charge in [-0.3, -0.25) is 0 Å². The number of anilines is 2. The van der Waals surface area contributed by atoms with E-state index in [1.54, 1.807) is 13.8 Å². The summed E-state index contributed by atoms with van der Waals surface area (Å²) in [5, 5.41) is 19.6. The van der Waals surface area contributed by atoms with E-state index in [-0.39, 0.29) is 25.0 Å². The first-order chi connectivity index (χ1) is 13.3. The number of nitrogens with two attached hydrogens (primary N) is 1. The van der Waals surface area contributed by atoms with Crippen LogP contribution in [-0.4, -0.2) is 31.7 Å². The zero-order valence-electron chi connectivity index (χ0n) is 15.6. The second kappa shape index (κ2) is 7.08. The smallest absolute Gasteiger partial charge is 0.416 e. The van der Waals surface area contributed by atoms with Crippen LogP contribution in [0, 0.1) is 0 Å². The first-order valence-corrected chi connectivity index (χ1v) is 8.86. The molecule has 0 aliphatic carbocycles. The lowest BCUT2D eigenvalue weighted by molar-refractivity contribution is -0.137. The summed E-state index contributed by atoms with van der Waals surface area (Å²) < 4.78 is 74.0. The number of rotatable bonds is 0. The molecule has 0 spiro atoms. The van der Waals surface area contributed by atoms with Gasteiger partial charge in [0.05, 0.1) is 11.3 Å². The molecule has 3 heterocycles.